The SMILES string of the molecule is CCN1CCN(C(=O)N[C@@H](C(=O)N[C@]2(NC=O)C(=O)N3C(C(=O)[O-])=C(CSc4cc[n+](N(C)CCO)cc4)CS[C@@H]32)c2ccccc2)C(=O)C1=O. The minimum atomic E-state index is -2.09. The summed E-state index contributed by atoms with van der Waals surface area (Å²) in [7, 11) is 1.81. The van der Waals surface area contributed by atoms with E-state index in [4.69, 9.17) is 5.11 Å². The number of carboxylic acid groups (broad SMARTS) is 1. The Morgan fingerprint density at radius 1 is 1.14 bits per heavy atom. The van der Waals surface area contributed by atoms with Crippen molar-refractivity contribution in [1.82, 2.24) is 30.7 Å². The van der Waals surface area contributed by atoms with Crippen molar-refractivity contribution in [3.8, 4) is 0 Å². The predicted octanol–water partition coefficient (Wildman–Crippen LogP) is -2.75. The molecular formula is C32H36N8O9S2. The molecule has 1 aromatic carbocycles. The predicted molar refractivity (Wildman–Crippen MR) is 180 cm³/mol. The zero-order chi connectivity index (χ0) is 36.9. The van der Waals surface area contributed by atoms with Crippen LogP contribution in [0.1, 0.15) is 18.5 Å². The van der Waals surface area contributed by atoms with Crippen molar-refractivity contribution in [2.75, 3.05) is 56.3 Å². The number of carbonyl (C=O) groups is 7. The van der Waals surface area contributed by atoms with Crippen LogP contribution in [0.2, 0.25) is 0 Å². The number of piperazine rings is 1. The molecule has 3 atom stereocenters. The minimum absolute atomic E-state index is 0.0200. The van der Waals surface area contributed by atoms with Gasteiger partial charge in [0.15, 0.2) is 0 Å². The summed E-state index contributed by atoms with van der Waals surface area (Å²) >= 11 is 2.46. The fourth-order valence-electron chi connectivity index (χ4n) is 5.84. The Bertz CT molecular complexity index is 1750. The number of benzene rings is 1. The molecule has 5 rings (SSSR count). The summed E-state index contributed by atoms with van der Waals surface area (Å²) in [6, 6.07) is 9.04. The number of amides is 7. The van der Waals surface area contributed by atoms with Gasteiger partial charge in [0.2, 0.25) is 30.4 Å². The molecule has 1 aromatic heterocycles. The summed E-state index contributed by atoms with van der Waals surface area (Å²) in [5, 5.41) is 29.7. The molecular weight excluding hydrogens is 705 g/mol. The number of urea groups is 1. The number of hydrogen-bond acceptors (Lipinski definition) is 12. The van der Waals surface area contributed by atoms with Crippen LogP contribution in [0.5, 0.6) is 0 Å². The van der Waals surface area contributed by atoms with Gasteiger partial charge in [-0.2, -0.15) is 5.01 Å². The van der Waals surface area contributed by atoms with Gasteiger partial charge in [-0.1, -0.05) is 35.0 Å². The molecule has 2 saturated heterocycles. The van der Waals surface area contributed by atoms with Crippen LogP contribution in [0.15, 0.2) is 71.0 Å². The normalized spacial score (nSPS) is 20.6. The Kier molecular flexibility index (Phi) is 11.5. The first-order chi connectivity index (χ1) is 24.5. The molecule has 0 bridgehead atoms. The van der Waals surface area contributed by atoms with Crippen LogP contribution in [-0.2, 0) is 28.8 Å². The van der Waals surface area contributed by atoms with E-state index in [2.05, 4.69) is 16.0 Å². The van der Waals surface area contributed by atoms with E-state index in [9.17, 15) is 38.7 Å². The number of carbonyl (C=O) groups excluding carboxylic acids is 7. The number of aliphatic carboxylic acids is 1. The lowest BCUT2D eigenvalue weighted by molar-refractivity contribution is -0.690. The zero-order valence-corrected chi connectivity index (χ0v) is 29.3. The van der Waals surface area contributed by atoms with E-state index in [1.807, 2.05) is 12.1 Å². The van der Waals surface area contributed by atoms with E-state index < -0.39 is 52.7 Å². The highest BCUT2D eigenvalue weighted by Crippen LogP contribution is 2.45. The van der Waals surface area contributed by atoms with Crippen LogP contribution >= 0.6 is 23.5 Å². The maximum absolute atomic E-state index is 13.9. The van der Waals surface area contributed by atoms with E-state index in [0.29, 0.717) is 17.0 Å². The summed E-state index contributed by atoms with van der Waals surface area (Å²) in [4.78, 5) is 94.3. The molecule has 17 nitrogen and oxygen atoms in total. The fraction of sp³-hybridized carbons (Fsp3) is 0.375. The fourth-order valence-corrected chi connectivity index (χ4v) is 8.29. The summed E-state index contributed by atoms with van der Waals surface area (Å²) in [5.74, 6) is -5.11. The molecule has 270 valence electrons. The van der Waals surface area contributed by atoms with Crippen molar-refractivity contribution >= 4 is 65.6 Å². The van der Waals surface area contributed by atoms with Crippen molar-refractivity contribution in [3.05, 3.63) is 71.7 Å². The number of β-lactam (4-membered cyclic amide) rings is 1. The van der Waals surface area contributed by atoms with Gasteiger partial charge in [-0.25, -0.2) is 4.79 Å². The van der Waals surface area contributed by atoms with Crippen molar-refractivity contribution in [3.63, 3.8) is 0 Å². The third kappa shape index (κ3) is 7.35. The van der Waals surface area contributed by atoms with E-state index in [1.54, 1.807) is 54.2 Å². The molecule has 51 heavy (non-hydrogen) atoms. The average molecular weight is 741 g/mol. The van der Waals surface area contributed by atoms with Crippen LogP contribution in [-0.4, -0.2) is 124 Å². The highest BCUT2D eigenvalue weighted by Gasteiger charge is 2.65. The summed E-state index contributed by atoms with van der Waals surface area (Å²) < 4.78 is 1.78. The van der Waals surface area contributed by atoms with E-state index >= 15 is 0 Å². The first-order valence-electron chi connectivity index (χ1n) is 15.8. The lowest BCUT2D eigenvalue weighted by atomic mass is 9.94. The second-order valence-corrected chi connectivity index (χ2v) is 13.7. The lowest BCUT2D eigenvalue weighted by Gasteiger charge is -2.57. The largest absolute Gasteiger partial charge is 0.543 e. The number of nitrogens with one attached hydrogen (secondary N) is 3. The zero-order valence-electron chi connectivity index (χ0n) is 27.6. The Hall–Kier alpha value is -5.14. The number of hydrogen-bond donors (Lipinski definition) is 4. The number of likely N-dealkylation sites (N-methyl/N-ethyl adjacent to an activating group) is 2. The summed E-state index contributed by atoms with van der Waals surface area (Å²) in [6.45, 7) is 2.37. The third-order valence-corrected chi connectivity index (χ3v) is 11.1. The number of imide groups is 1. The molecule has 0 unspecified atom stereocenters. The van der Waals surface area contributed by atoms with Gasteiger partial charge in [0.1, 0.15) is 11.4 Å². The molecule has 2 aromatic rings. The van der Waals surface area contributed by atoms with Crippen LogP contribution < -0.4 is 30.7 Å². The highest BCUT2D eigenvalue weighted by molar-refractivity contribution is 8.01. The van der Waals surface area contributed by atoms with Gasteiger partial charge in [-0.15, -0.1) is 23.5 Å². The third-order valence-electron chi connectivity index (χ3n) is 8.57. The topological polar surface area (TPSA) is 216 Å². The standard InChI is InChI=1S/C32H36N8O9S2/c1-3-37-13-14-39(27(45)26(37)44)31(49)34-23(20-7-5-4-6-8-20)25(43)35-32(33-19-42)29(48)40-24(28(46)47)21(18-51-30(32)40)17-50-22-9-11-38(12-10-22)36(2)15-16-41/h4-12,19,23,30,41H,3,13-18H2,1-2H3,(H3-,33,34,35,42,43,46,47,49)/t23-,30-,32-/m1/s1. The van der Waals surface area contributed by atoms with Gasteiger partial charge in [0, 0.05) is 48.2 Å². The molecule has 0 radical (unpaired) electrons. The monoisotopic (exact) mass is 740 g/mol. The maximum atomic E-state index is 13.9. The van der Waals surface area contributed by atoms with Crippen molar-refractivity contribution < 1.29 is 48.5 Å². The van der Waals surface area contributed by atoms with Crippen LogP contribution in [0, 0.1) is 0 Å². The van der Waals surface area contributed by atoms with Crippen molar-refractivity contribution in [2.45, 2.75) is 28.9 Å². The molecule has 2 fully saturated rings. The molecule has 0 saturated carbocycles. The summed E-state index contributed by atoms with van der Waals surface area (Å²) in [6.07, 6.45) is 3.78. The number of pyridine rings is 1. The summed E-state index contributed by atoms with van der Waals surface area (Å²) in [5.41, 5.74) is -1.81. The van der Waals surface area contributed by atoms with Gasteiger partial charge in [-0.05, 0) is 18.1 Å². The smallest absolute Gasteiger partial charge is 0.325 e. The van der Waals surface area contributed by atoms with Gasteiger partial charge in [-0.3, -0.25) is 33.8 Å². The van der Waals surface area contributed by atoms with E-state index in [1.165, 1.54) is 28.8 Å². The number of nitrogens with zero attached hydrogens (tertiary/aromatic N) is 5. The first-order valence-corrected chi connectivity index (χ1v) is 17.8. The Labute approximate surface area is 300 Å². The Morgan fingerprint density at radius 2 is 1.84 bits per heavy atom. The molecule has 3 aliphatic rings. The second kappa shape index (κ2) is 15.8. The van der Waals surface area contributed by atoms with Gasteiger partial charge < -0.3 is 35.9 Å². The van der Waals surface area contributed by atoms with E-state index in [-0.39, 0.29) is 55.4 Å². The number of aliphatic hydroxyl groups excluding tert-OH is 1. The Morgan fingerprint density at radius 3 is 2.47 bits per heavy atom. The number of rotatable bonds is 14. The maximum Gasteiger partial charge on any atom is 0.325 e. The average Bonchev–Trinajstić information content (AvgIpc) is 3.13. The first kappa shape index (κ1) is 37.1. The van der Waals surface area contributed by atoms with Gasteiger partial charge in [0.05, 0.1) is 31.9 Å². The lowest BCUT2D eigenvalue weighted by Crippen LogP contribution is -2.85. The van der Waals surface area contributed by atoms with Crippen LogP contribution in [0.3, 0.4) is 0 Å². The second-order valence-electron chi connectivity index (χ2n) is 11.6. The minimum Gasteiger partial charge on any atom is -0.543 e. The van der Waals surface area contributed by atoms with Gasteiger partial charge in [0.25, 0.3) is 5.91 Å². The van der Waals surface area contributed by atoms with Crippen LogP contribution in [0.4, 0.5) is 4.79 Å². The number of aliphatic hydroxyl groups is 1. The van der Waals surface area contributed by atoms with Crippen molar-refractivity contribution in [1.29, 1.82) is 0 Å². The molecule has 4 heterocycles. The van der Waals surface area contributed by atoms with Crippen molar-refractivity contribution in [2.24, 2.45) is 0 Å². The highest BCUT2D eigenvalue weighted by atomic mass is 32.2. The molecule has 4 N–H and O–H groups in total. The molecule has 0 spiro atoms. The molecule has 7 amide bonds. The van der Waals surface area contributed by atoms with E-state index in [0.717, 1.165) is 21.6 Å². The van der Waals surface area contributed by atoms with Crippen LogP contribution in [0.25, 0.3) is 0 Å². The molecule has 19 heteroatoms. The number of aromatic nitrogens is 1. The molecule has 3 aliphatic heterocycles. The Balaban J connectivity index is 1.35. The quantitative estimate of drug-likeness (QED) is 0.0387. The van der Waals surface area contributed by atoms with Gasteiger partial charge >= 0.3 is 17.8 Å². The number of carboxylic acids is 1. The molecule has 0 aliphatic carbocycles. The number of thioether (sulfide) groups is 2. The number of fused-ring (bicyclic) bond motifs is 1.